The van der Waals surface area contributed by atoms with E-state index in [1.165, 1.54) is 44.2 Å². The third-order valence-electron chi connectivity index (χ3n) is 9.09. The SMILES string of the molecule is CC1(O)CCC(C(=O)NCC2CCC(CCN3CCN(c4nccc5c4CCO5)CC3)CC2)CC1. The Morgan fingerprint density at radius 1 is 1.11 bits per heavy atom. The van der Waals surface area contributed by atoms with Crippen molar-refractivity contribution in [3.63, 3.8) is 0 Å². The Labute approximate surface area is 210 Å². The van der Waals surface area contributed by atoms with Gasteiger partial charge in [0.15, 0.2) is 0 Å². The van der Waals surface area contributed by atoms with Gasteiger partial charge in [-0.2, -0.15) is 0 Å². The van der Waals surface area contributed by atoms with Gasteiger partial charge in [-0.05, 0) is 76.3 Å². The molecule has 1 saturated heterocycles. The molecule has 7 nitrogen and oxygen atoms in total. The van der Waals surface area contributed by atoms with Gasteiger partial charge in [-0.1, -0.05) is 12.8 Å². The lowest BCUT2D eigenvalue weighted by Crippen LogP contribution is -2.47. The molecule has 0 spiro atoms. The van der Waals surface area contributed by atoms with Gasteiger partial charge in [-0.3, -0.25) is 9.69 Å². The van der Waals surface area contributed by atoms with Crippen molar-refractivity contribution in [1.82, 2.24) is 15.2 Å². The average molecular weight is 485 g/mol. The molecule has 194 valence electrons. The molecule has 7 heteroatoms. The molecule has 4 aliphatic rings. The van der Waals surface area contributed by atoms with Crippen molar-refractivity contribution in [2.24, 2.45) is 17.8 Å². The van der Waals surface area contributed by atoms with Crippen LogP contribution in [0.25, 0.3) is 0 Å². The van der Waals surface area contributed by atoms with E-state index in [1.807, 2.05) is 19.2 Å². The molecule has 1 aromatic rings. The topological polar surface area (TPSA) is 77.9 Å². The zero-order chi connectivity index (χ0) is 24.3. The minimum absolute atomic E-state index is 0.0963. The van der Waals surface area contributed by atoms with Crippen LogP contribution in [0.4, 0.5) is 5.82 Å². The van der Waals surface area contributed by atoms with Crippen LogP contribution >= 0.6 is 0 Å². The number of carbonyl (C=O) groups excluding carboxylic acids is 1. The Kier molecular flexibility index (Phi) is 7.83. The standard InChI is InChI=1S/C28H44N4O3/c1-28(34)11-6-23(7-12-28)27(33)30-20-22-4-2-21(3-5-22)9-14-31-15-17-32(18-16-31)26-24-10-19-35-25(24)8-13-29-26/h8,13,21-23,34H,2-7,9-12,14-20H2,1H3,(H,30,33). The maximum Gasteiger partial charge on any atom is 0.223 e. The van der Waals surface area contributed by atoms with E-state index in [2.05, 4.69) is 20.1 Å². The maximum absolute atomic E-state index is 12.6. The van der Waals surface area contributed by atoms with E-state index in [-0.39, 0.29) is 11.8 Å². The molecule has 2 saturated carbocycles. The number of anilines is 1. The quantitative estimate of drug-likeness (QED) is 0.618. The van der Waals surface area contributed by atoms with E-state index in [0.29, 0.717) is 5.92 Å². The first kappa shape index (κ1) is 24.8. The molecular formula is C28H44N4O3. The zero-order valence-electron chi connectivity index (χ0n) is 21.5. The second kappa shape index (κ2) is 11.0. The predicted molar refractivity (Wildman–Crippen MR) is 138 cm³/mol. The summed E-state index contributed by atoms with van der Waals surface area (Å²) in [6.45, 7) is 9.05. The molecule has 0 unspecified atom stereocenters. The summed E-state index contributed by atoms with van der Waals surface area (Å²) in [5, 5.41) is 13.3. The van der Waals surface area contributed by atoms with Crippen molar-refractivity contribution < 1.29 is 14.6 Å². The molecule has 0 radical (unpaired) electrons. The molecule has 0 aromatic carbocycles. The number of piperazine rings is 1. The lowest BCUT2D eigenvalue weighted by molar-refractivity contribution is -0.127. The number of aromatic nitrogens is 1. The van der Waals surface area contributed by atoms with Crippen molar-refractivity contribution in [1.29, 1.82) is 0 Å². The summed E-state index contributed by atoms with van der Waals surface area (Å²) < 4.78 is 5.72. The number of pyridine rings is 1. The van der Waals surface area contributed by atoms with Gasteiger partial charge in [0, 0.05) is 56.8 Å². The molecule has 2 aliphatic carbocycles. The molecule has 35 heavy (non-hydrogen) atoms. The summed E-state index contributed by atoms with van der Waals surface area (Å²) in [7, 11) is 0. The van der Waals surface area contributed by atoms with Gasteiger partial charge >= 0.3 is 0 Å². The van der Waals surface area contributed by atoms with Gasteiger partial charge in [-0.15, -0.1) is 0 Å². The number of hydrogen-bond donors (Lipinski definition) is 2. The van der Waals surface area contributed by atoms with E-state index in [0.717, 1.165) is 88.9 Å². The number of amides is 1. The molecule has 3 fully saturated rings. The first-order chi connectivity index (χ1) is 17.0. The average Bonchev–Trinajstić information content (AvgIpc) is 3.36. The van der Waals surface area contributed by atoms with E-state index in [1.54, 1.807) is 0 Å². The maximum atomic E-state index is 12.6. The molecule has 1 aromatic heterocycles. The monoisotopic (exact) mass is 484 g/mol. The number of hydrogen-bond acceptors (Lipinski definition) is 6. The molecule has 2 N–H and O–H groups in total. The van der Waals surface area contributed by atoms with Crippen LogP contribution in [0.1, 0.15) is 70.3 Å². The molecule has 0 atom stereocenters. The second-order valence-corrected chi connectivity index (χ2v) is 11.7. The van der Waals surface area contributed by atoms with Gasteiger partial charge in [0.25, 0.3) is 0 Å². The van der Waals surface area contributed by atoms with Crippen molar-refractivity contribution in [2.75, 3.05) is 50.8 Å². The molecule has 3 heterocycles. The van der Waals surface area contributed by atoms with Crippen LogP contribution in [0.2, 0.25) is 0 Å². The first-order valence-electron chi connectivity index (χ1n) is 14.0. The number of fused-ring (bicyclic) bond motifs is 1. The minimum Gasteiger partial charge on any atom is -0.493 e. The molecule has 5 rings (SSSR count). The number of ether oxygens (including phenoxy) is 1. The Morgan fingerprint density at radius 2 is 1.83 bits per heavy atom. The number of rotatable bonds is 7. The number of nitrogens with one attached hydrogen (secondary N) is 1. The van der Waals surface area contributed by atoms with Crippen LogP contribution in [-0.2, 0) is 11.2 Å². The van der Waals surface area contributed by atoms with Crippen LogP contribution in [-0.4, -0.2) is 72.4 Å². The highest BCUT2D eigenvalue weighted by atomic mass is 16.5. The lowest BCUT2D eigenvalue weighted by Gasteiger charge is -2.37. The van der Waals surface area contributed by atoms with Crippen LogP contribution < -0.4 is 15.0 Å². The Balaban J connectivity index is 0.964. The largest absolute Gasteiger partial charge is 0.493 e. The molecule has 0 bridgehead atoms. The lowest BCUT2D eigenvalue weighted by atomic mass is 9.79. The molecular weight excluding hydrogens is 440 g/mol. The minimum atomic E-state index is -0.572. The predicted octanol–water partition coefficient (Wildman–Crippen LogP) is 3.39. The summed E-state index contributed by atoms with van der Waals surface area (Å²) in [4.78, 5) is 22.3. The Morgan fingerprint density at radius 3 is 2.57 bits per heavy atom. The fourth-order valence-electron chi connectivity index (χ4n) is 6.53. The highest BCUT2D eigenvalue weighted by Crippen LogP contribution is 2.34. The van der Waals surface area contributed by atoms with Crippen LogP contribution in [0, 0.1) is 17.8 Å². The summed E-state index contributed by atoms with van der Waals surface area (Å²) in [6, 6.07) is 1.99. The number of aliphatic hydroxyl groups is 1. The van der Waals surface area contributed by atoms with Gasteiger partial charge in [-0.25, -0.2) is 4.98 Å². The first-order valence-corrected chi connectivity index (χ1v) is 14.0. The normalized spacial score (nSPS) is 31.6. The second-order valence-electron chi connectivity index (χ2n) is 11.7. The third-order valence-corrected chi connectivity index (χ3v) is 9.09. The van der Waals surface area contributed by atoms with Crippen LogP contribution in [0.3, 0.4) is 0 Å². The molecule has 2 aliphatic heterocycles. The smallest absolute Gasteiger partial charge is 0.223 e. The van der Waals surface area contributed by atoms with Gasteiger partial charge in [0.2, 0.25) is 5.91 Å². The summed E-state index contributed by atoms with van der Waals surface area (Å²) >= 11 is 0. The van der Waals surface area contributed by atoms with Gasteiger partial charge < -0.3 is 20.1 Å². The van der Waals surface area contributed by atoms with E-state index in [9.17, 15) is 9.90 Å². The van der Waals surface area contributed by atoms with Crippen molar-refractivity contribution in [3.8, 4) is 5.75 Å². The summed E-state index contributed by atoms with van der Waals surface area (Å²) in [5.74, 6) is 3.94. The van der Waals surface area contributed by atoms with E-state index < -0.39 is 5.60 Å². The highest BCUT2D eigenvalue weighted by Gasteiger charge is 2.32. The number of carbonyl (C=O) groups is 1. The fourth-order valence-corrected chi connectivity index (χ4v) is 6.53. The zero-order valence-corrected chi connectivity index (χ0v) is 21.5. The van der Waals surface area contributed by atoms with Crippen LogP contribution in [0.15, 0.2) is 12.3 Å². The van der Waals surface area contributed by atoms with E-state index in [4.69, 9.17) is 4.74 Å². The Hall–Kier alpha value is -1.86. The fraction of sp³-hybridized carbons (Fsp3) is 0.786. The van der Waals surface area contributed by atoms with Gasteiger partial charge in [0.1, 0.15) is 11.6 Å². The Bertz CT molecular complexity index is 850. The number of nitrogens with zero attached hydrogens (tertiary/aromatic N) is 3. The van der Waals surface area contributed by atoms with Gasteiger partial charge in [0.05, 0.1) is 12.2 Å². The summed E-state index contributed by atoms with van der Waals surface area (Å²) in [5.41, 5.74) is 0.720. The third kappa shape index (κ3) is 6.29. The highest BCUT2D eigenvalue weighted by molar-refractivity contribution is 5.78. The van der Waals surface area contributed by atoms with E-state index >= 15 is 0 Å². The van der Waals surface area contributed by atoms with Crippen molar-refractivity contribution >= 4 is 11.7 Å². The van der Waals surface area contributed by atoms with Crippen LogP contribution in [0.5, 0.6) is 5.75 Å². The summed E-state index contributed by atoms with van der Waals surface area (Å²) in [6.07, 6.45) is 12.4. The van der Waals surface area contributed by atoms with Crippen molar-refractivity contribution in [3.05, 3.63) is 17.8 Å². The van der Waals surface area contributed by atoms with Crippen molar-refractivity contribution in [2.45, 2.75) is 76.7 Å². The molecule has 1 amide bonds.